The molecule has 0 radical (unpaired) electrons. The summed E-state index contributed by atoms with van der Waals surface area (Å²) in [4.78, 5) is 23.2. The van der Waals surface area contributed by atoms with E-state index in [1.807, 2.05) is 6.92 Å². The van der Waals surface area contributed by atoms with Gasteiger partial charge in [-0.25, -0.2) is 0 Å². The highest BCUT2D eigenvalue weighted by atomic mass is 79.9. The molecule has 6 nitrogen and oxygen atoms in total. The van der Waals surface area contributed by atoms with Gasteiger partial charge in [0.15, 0.2) is 0 Å². The van der Waals surface area contributed by atoms with Crippen LogP contribution in [0.25, 0.3) is 0 Å². The van der Waals surface area contributed by atoms with E-state index in [4.69, 9.17) is 14.6 Å². The molecule has 2 unspecified atom stereocenters. The van der Waals surface area contributed by atoms with Gasteiger partial charge in [-0.05, 0) is 31.5 Å². The van der Waals surface area contributed by atoms with Crippen molar-refractivity contribution in [2.24, 2.45) is 0 Å². The van der Waals surface area contributed by atoms with Gasteiger partial charge in [-0.15, -0.1) is 0 Å². The molecule has 0 spiro atoms. The van der Waals surface area contributed by atoms with Crippen LogP contribution in [-0.2, 0) is 19.1 Å². The summed E-state index contributed by atoms with van der Waals surface area (Å²) in [6.45, 7) is 4.82. The highest BCUT2D eigenvalue weighted by Gasteiger charge is 2.21. The molecule has 128 valence electrons. The van der Waals surface area contributed by atoms with Gasteiger partial charge < -0.3 is 19.9 Å². The summed E-state index contributed by atoms with van der Waals surface area (Å²) in [7, 11) is 0. The predicted octanol–water partition coefficient (Wildman–Crippen LogP) is 2.52. The molecule has 0 aliphatic carbocycles. The predicted molar refractivity (Wildman–Crippen MR) is 89.2 cm³/mol. The average molecular weight is 388 g/mol. The van der Waals surface area contributed by atoms with Gasteiger partial charge in [0.05, 0.1) is 25.7 Å². The highest BCUT2D eigenvalue weighted by molar-refractivity contribution is 9.10. The van der Waals surface area contributed by atoms with Gasteiger partial charge >= 0.3 is 5.97 Å². The summed E-state index contributed by atoms with van der Waals surface area (Å²) in [5, 5.41) is 11.8. The summed E-state index contributed by atoms with van der Waals surface area (Å²) < 4.78 is 11.4. The number of carboxylic acid groups (broad SMARTS) is 1. The average Bonchev–Trinajstić information content (AvgIpc) is 2.51. The van der Waals surface area contributed by atoms with Crippen LogP contribution in [0, 0.1) is 0 Å². The van der Waals surface area contributed by atoms with Gasteiger partial charge in [0.25, 0.3) is 0 Å². The zero-order valence-corrected chi connectivity index (χ0v) is 14.8. The van der Waals surface area contributed by atoms with Crippen molar-refractivity contribution < 1.29 is 24.2 Å². The standard InChI is InChI=1S/C16H22BrNO5/c1-3-22-8-9-23-11(2)16(21)18-14(10-15(19)20)12-4-6-13(17)7-5-12/h4-7,11,14H,3,8-10H2,1-2H3,(H,18,21)(H,19,20). The Kier molecular flexibility index (Phi) is 8.83. The fraction of sp³-hybridized carbons (Fsp3) is 0.500. The molecule has 0 saturated carbocycles. The minimum absolute atomic E-state index is 0.195. The minimum atomic E-state index is -0.983. The first kappa shape index (κ1) is 19.6. The fourth-order valence-corrected chi connectivity index (χ4v) is 2.18. The van der Waals surface area contributed by atoms with Gasteiger partial charge in [-0.3, -0.25) is 9.59 Å². The lowest BCUT2D eigenvalue weighted by Crippen LogP contribution is -2.38. The number of benzene rings is 1. The Balaban J connectivity index is 2.63. The topological polar surface area (TPSA) is 84.9 Å². The number of halogens is 1. The number of rotatable bonds is 10. The van der Waals surface area contributed by atoms with E-state index in [1.165, 1.54) is 0 Å². The van der Waals surface area contributed by atoms with E-state index >= 15 is 0 Å². The van der Waals surface area contributed by atoms with Crippen LogP contribution < -0.4 is 5.32 Å². The second kappa shape index (κ2) is 10.4. The molecule has 7 heteroatoms. The van der Waals surface area contributed by atoms with Crippen molar-refractivity contribution in [1.29, 1.82) is 0 Å². The molecule has 1 aromatic carbocycles. The van der Waals surface area contributed by atoms with Gasteiger partial charge in [0, 0.05) is 11.1 Å². The van der Waals surface area contributed by atoms with Crippen molar-refractivity contribution in [3.8, 4) is 0 Å². The SMILES string of the molecule is CCOCCOC(C)C(=O)NC(CC(=O)O)c1ccc(Br)cc1. The molecule has 2 N–H and O–H groups in total. The monoisotopic (exact) mass is 387 g/mol. The minimum Gasteiger partial charge on any atom is -0.481 e. The number of carbonyl (C=O) groups excluding carboxylic acids is 1. The first-order chi connectivity index (χ1) is 10.9. The van der Waals surface area contributed by atoms with Crippen molar-refractivity contribution in [3.63, 3.8) is 0 Å². The summed E-state index contributed by atoms with van der Waals surface area (Å²) in [6, 6.07) is 6.56. The van der Waals surface area contributed by atoms with Crippen LogP contribution in [0.15, 0.2) is 28.7 Å². The van der Waals surface area contributed by atoms with Crippen molar-refractivity contribution in [2.45, 2.75) is 32.4 Å². The lowest BCUT2D eigenvalue weighted by Gasteiger charge is -2.20. The van der Waals surface area contributed by atoms with Crippen LogP contribution in [0.2, 0.25) is 0 Å². The number of carboxylic acids is 1. The van der Waals surface area contributed by atoms with E-state index in [1.54, 1.807) is 31.2 Å². The first-order valence-corrected chi connectivity index (χ1v) is 8.20. The maximum Gasteiger partial charge on any atom is 0.305 e. The molecule has 0 aromatic heterocycles. The third-order valence-electron chi connectivity index (χ3n) is 3.14. The Morgan fingerprint density at radius 1 is 1.26 bits per heavy atom. The molecule has 0 bridgehead atoms. The van der Waals surface area contributed by atoms with E-state index in [2.05, 4.69) is 21.2 Å². The quantitative estimate of drug-likeness (QED) is 0.602. The number of nitrogens with one attached hydrogen (secondary N) is 1. The largest absolute Gasteiger partial charge is 0.481 e. The summed E-state index contributed by atoms with van der Waals surface area (Å²) in [5.41, 5.74) is 0.727. The van der Waals surface area contributed by atoms with Crippen molar-refractivity contribution in [2.75, 3.05) is 19.8 Å². The normalized spacial score (nSPS) is 13.3. The third-order valence-corrected chi connectivity index (χ3v) is 3.67. The smallest absolute Gasteiger partial charge is 0.305 e. The second-order valence-corrected chi connectivity index (χ2v) is 5.84. The van der Waals surface area contributed by atoms with Crippen LogP contribution >= 0.6 is 15.9 Å². The fourth-order valence-electron chi connectivity index (χ4n) is 1.91. The van der Waals surface area contributed by atoms with E-state index in [0.29, 0.717) is 19.8 Å². The Morgan fingerprint density at radius 2 is 1.91 bits per heavy atom. The van der Waals surface area contributed by atoms with Gasteiger partial charge in [-0.2, -0.15) is 0 Å². The van der Waals surface area contributed by atoms with Crippen molar-refractivity contribution in [1.82, 2.24) is 5.32 Å². The van der Waals surface area contributed by atoms with E-state index in [-0.39, 0.29) is 12.3 Å². The Morgan fingerprint density at radius 3 is 2.48 bits per heavy atom. The molecule has 1 rings (SSSR count). The lowest BCUT2D eigenvalue weighted by molar-refractivity contribution is -0.138. The number of hydrogen-bond acceptors (Lipinski definition) is 4. The van der Waals surface area contributed by atoms with Crippen LogP contribution in [-0.4, -0.2) is 42.9 Å². The Hall–Kier alpha value is -1.44. The molecule has 0 heterocycles. The van der Waals surface area contributed by atoms with E-state index < -0.39 is 18.1 Å². The van der Waals surface area contributed by atoms with Crippen LogP contribution in [0.4, 0.5) is 0 Å². The molecule has 1 aromatic rings. The van der Waals surface area contributed by atoms with Crippen LogP contribution in [0.1, 0.15) is 31.9 Å². The molecule has 23 heavy (non-hydrogen) atoms. The maximum atomic E-state index is 12.2. The molecular formula is C16H22BrNO5. The lowest BCUT2D eigenvalue weighted by atomic mass is 10.0. The van der Waals surface area contributed by atoms with E-state index in [0.717, 1.165) is 10.0 Å². The molecule has 0 fully saturated rings. The van der Waals surface area contributed by atoms with Crippen LogP contribution in [0.3, 0.4) is 0 Å². The Labute approximate surface area is 144 Å². The van der Waals surface area contributed by atoms with Gasteiger partial charge in [0.1, 0.15) is 6.10 Å². The number of aliphatic carboxylic acids is 1. The molecule has 0 saturated heterocycles. The molecule has 2 atom stereocenters. The summed E-state index contributed by atoms with van der Waals surface area (Å²) in [6.07, 6.45) is -0.874. The van der Waals surface area contributed by atoms with Gasteiger partial charge in [0.2, 0.25) is 5.91 Å². The molecule has 0 aliphatic rings. The number of carbonyl (C=O) groups is 2. The van der Waals surface area contributed by atoms with Crippen molar-refractivity contribution >= 4 is 27.8 Å². The summed E-state index contributed by atoms with van der Waals surface area (Å²) in [5.74, 6) is -1.33. The maximum absolute atomic E-state index is 12.2. The second-order valence-electron chi connectivity index (χ2n) is 4.92. The van der Waals surface area contributed by atoms with Gasteiger partial charge in [-0.1, -0.05) is 28.1 Å². The number of amides is 1. The van der Waals surface area contributed by atoms with Crippen LogP contribution in [0.5, 0.6) is 0 Å². The van der Waals surface area contributed by atoms with E-state index in [9.17, 15) is 9.59 Å². The zero-order valence-electron chi connectivity index (χ0n) is 13.3. The molecular weight excluding hydrogens is 366 g/mol. The third kappa shape index (κ3) is 7.58. The molecule has 0 aliphatic heterocycles. The molecule has 1 amide bonds. The highest BCUT2D eigenvalue weighted by Crippen LogP contribution is 2.20. The first-order valence-electron chi connectivity index (χ1n) is 7.41. The zero-order chi connectivity index (χ0) is 17.2. The van der Waals surface area contributed by atoms with Crippen molar-refractivity contribution in [3.05, 3.63) is 34.3 Å². The summed E-state index contributed by atoms with van der Waals surface area (Å²) >= 11 is 3.33. The Bertz CT molecular complexity index is 506. The number of hydrogen-bond donors (Lipinski definition) is 2. The number of ether oxygens (including phenoxy) is 2.